The van der Waals surface area contributed by atoms with Gasteiger partial charge in [-0.1, -0.05) is 31.9 Å². The van der Waals surface area contributed by atoms with Crippen LogP contribution in [0.2, 0.25) is 0 Å². The molecule has 0 saturated carbocycles. The third-order valence-corrected chi connectivity index (χ3v) is 3.74. The Morgan fingerprint density at radius 1 is 1.24 bits per heavy atom. The van der Waals surface area contributed by atoms with Gasteiger partial charge in [-0.25, -0.2) is 0 Å². The van der Waals surface area contributed by atoms with Gasteiger partial charge < -0.3 is 14.8 Å². The van der Waals surface area contributed by atoms with Crippen LogP contribution in [0, 0.1) is 0 Å². The standard InChI is InChI=1S/C16H28BNO3/c1-5-6-7-10-18(13(2)3)12-14-8-9-16(21-4)15(11-14)17(19)20/h8-9,11,13,19-20H,5-7,10,12H2,1-4H3. The van der Waals surface area contributed by atoms with Crippen LogP contribution in [0.5, 0.6) is 5.75 Å². The summed E-state index contributed by atoms with van der Waals surface area (Å²) in [5.74, 6) is 0.510. The summed E-state index contributed by atoms with van der Waals surface area (Å²) < 4.78 is 5.16. The number of benzene rings is 1. The van der Waals surface area contributed by atoms with Crippen LogP contribution in [0.4, 0.5) is 0 Å². The molecule has 0 saturated heterocycles. The van der Waals surface area contributed by atoms with Crippen molar-refractivity contribution in [3.8, 4) is 5.75 Å². The maximum Gasteiger partial charge on any atom is 0.492 e. The smallest absolute Gasteiger partial charge is 0.492 e. The van der Waals surface area contributed by atoms with E-state index in [1.807, 2.05) is 12.1 Å². The largest absolute Gasteiger partial charge is 0.497 e. The monoisotopic (exact) mass is 293 g/mol. The lowest BCUT2D eigenvalue weighted by Gasteiger charge is -2.27. The minimum Gasteiger partial charge on any atom is -0.497 e. The number of methoxy groups -OCH3 is 1. The van der Waals surface area contributed by atoms with Crippen LogP contribution < -0.4 is 10.2 Å². The Bertz CT molecular complexity index is 424. The molecule has 1 rings (SSSR count). The number of rotatable bonds is 9. The van der Waals surface area contributed by atoms with E-state index >= 15 is 0 Å². The molecule has 0 unspecified atom stereocenters. The lowest BCUT2D eigenvalue weighted by molar-refractivity contribution is 0.208. The first-order chi connectivity index (χ1) is 9.99. The minimum absolute atomic E-state index is 0.423. The second-order valence-electron chi connectivity index (χ2n) is 5.72. The summed E-state index contributed by atoms with van der Waals surface area (Å²) >= 11 is 0. The maximum atomic E-state index is 9.44. The van der Waals surface area contributed by atoms with E-state index < -0.39 is 7.12 Å². The van der Waals surface area contributed by atoms with Crippen LogP contribution in [0.15, 0.2) is 18.2 Å². The van der Waals surface area contributed by atoms with Gasteiger partial charge in [0, 0.05) is 18.0 Å². The molecule has 0 aliphatic heterocycles. The topological polar surface area (TPSA) is 52.9 Å². The Kier molecular flexibility index (Phi) is 7.79. The Morgan fingerprint density at radius 2 is 1.95 bits per heavy atom. The normalized spacial score (nSPS) is 11.2. The van der Waals surface area contributed by atoms with Gasteiger partial charge in [0.05, 0.1) is 7.11 Å². The van der Waals surface area contributed by atoms with Crippen LogP contribution in [0.1, 0.15) is 45.6 Å². The van der Waals surface area contributed by atoms with E-state index in [-0.39, 0.29) is 0 Å². The average Bonchev–Trinajstić information content (AvgIpc) is 2.46. The molecule has 2 N–H and O–H groups in total. The Morgan fingerprint density at radius 3 is 2.48 bits per heavy atom. The molecule has 0 atom stereocenters. The zero-order valence-corrected chi connectivity index (χ0v) is 13.7. The van der Waals surface area contributed by atoms with Crippen molar-refractivity contribution < 1.29 is 14.8 Å². The number of hydrogen-bond donors (Lipinski definition) is 2. The van der Waals surface area contributed by atoms with Gasteiger partial charge in [-0.15, -0.1) is 0 Å². The lowest BCUT2D eigenvalue weighted by atomic mass is 9.78. The number of unbranched alkanes of at least 4 members (excludes halogenated alkanes) is 2. The molecule has 0 amide bonds. The van der Waals surface area contributed by atoms with Crippen molar-refractivity contribution in [3.05, 3.63) is 23.8 Å². The van der Waals surface area contributed by atoms with Gasteiger partial charge in [0.15, 0.2) is 0 Å². The molecule has 118 valence electrons. The van der Waals surface area contributed by atoms with E-state index in [0.29, 0.717) is 17.3 Å². The summed E-state index contributed by atoms with van der Waals surface area (Å²) in [7, 11) is 0.0268. The van der Waals surface area contributed by atoms with E-state index in [0.717, 1.165) is 18.7 Å². The molecule has 0 fully saturated rings. The molecule has 0 bridgehead atoms. The fraction of sp³-hybridized carbons (Fsp3) is 0.625. The summed E-state index contributed by atoms with van der Waals surface area (Å²) in [6.07, 6.45) is 3.65. The van der Waals surface area contributed by atoms with E-state index in [1.165, 1.54) is 26.4 Å². The zero-order valence-electron chi connectivity index (χ0n) is 13.7. The highest BCUT2D eigenvalue weighted by molar-refractivity contribution is 6.59. The molecule has 5 heteroatoms. The average molecular weight is 293 g/mol. The van der Waals surface area contributed by atoms with E-state index in [9.17, 15) is 10.0 Å². The molecule has 1 aromatic rings. The highest BCUT2D eigenvalue weighted by Gasteiger charge is 2.18. The fourth-order valence-electron chi connectivity index (χ4n) is 2.40. The molecule has 4 nitrogen and oxygen atoms in total. The zero-order chi connectivity index (χ0) is 15.8. The molecule has 0 spiro atoms. The molecular formula is C16H28BNO3. The van der Waals surface area contributed by atoms with Gasteiger partial charge in [0.2, 0.25) is 0 Å². The molecule has 21 heavy (non-hydrogen) atoms. The summed E-state index contributed by atoms with van der Waals surface area (Å²) in [5.41, 5.74) is 1.50. The lowest BCUT2D eigenvalue weighted by Crippen LogP contribution is -2.34. The predicted octanol–water partition coefficient (Wildman–Crippen LogP) is 1.78. The van der Waals surface area contributed by atoms with Crippen LogP contribution >= 0.6 is 0 Å². The van der Waals surface area contributed by atoms with Gasteiger partial charge in [-0.05, 0) is 38.4 Å². The molecule has 0 aliphatic carbocycles. The van der Waals surface area contributed by atoms with Gasteiger partial charge >= 0.3 is 7.12 Å². The van der Waals surface area contributed by atoms with Crippen LogP contribution in [-0.2, 0) is 6.54 Å². The maximum absolute atomic E-state index is 9.44. The Labute approximate surface area is 128 Å². The molecule has 1 aromatic carbocycles. The quantitative estimate of drug-likeness (QED) is 0.538. The first-order valence-corrected chi connectivity index (χ1v) is 7.76. The van der Waals surface area contributed by atoms with Gasteiger partial charge in [0.1, 0.15) is 5.75 Å². The van der Waals surface area contributed by atoms with E-state index in [2.05, 4.69) is 25.7 Å². The predicted molar refractivity (Wildman–Crippen MR) is 87.9 cm³/mol. The number of nitrogens with zero attached hydrogens (tertiary/aromatic N) is 1. The van der Waals surface area contributed by atoms with Gasteiger partial charge in [-0.2, -0.15) is 0 Å². The molecule has 0 aromatic heterocycles. The van der Waals surface area contributed by atoms with Crippen LogP contribution in [-0.4, -0.2) is 41.8 Å². The summed E-state index contributed by atoms with van der Waals surface area (Å²) in [4.78, 5) is 2.41. The summed E-state index contributed by atoms with van der Waals surface area (Å²) in [6.45, 7) is 8.46. The molecule has 0 radical (unpaired) electrons. The van der Waals surface area contributed by atoms with Gasteiger partial charge in [0.25, 0.3) is 0 Å². The number of ether oxygens (including phenoxy) is 1. The highest BCUT2D eigenvalue weighted by Crippen LogP contribution is 2.14. The van der Waals surface area contributed by atoms with Crippen molar-refractivity contribution in [2.24, 2.45) is 0 Å². The van der Waals surface area contributed by atoms with Crippen molar-refractivity contribution in [1.29, 1.82) is 0 Å². The first kappa shape index (κ1) is 18.0. The Hall–Kier alpha value is -1.04. The Balaban J connectivity index is 2.81. The van der Waals surface area contributed by atoms with Crippen LogP contribution in [0.25, 0.3) is 0 Å². The van der Waals surface area contributed by atoms with Crippen molar-refractivity contribution >= 4 is 12.6 Å². The molecule has 0 aliphatic rings. The highest BCUT2D eigenvalue weighted by atomic mass is 16.5. The van der Waals surface area contributed by atoms with Crippen molar-refractivity contribution in [2.75, 3.05) is 13.7 Å². The van der Waals surface area contributed by atoms with Crippen molar-refractivity contribution in [2.45, 2.75) is 52.6 Å². The summed E-state index contributed by atoms with van der Waals surface area (Å²) in [5, 5.41) is 18.9. The second-order valence-corrected chi connectivity index (χ2v) is 5.72. The fourth-order valence-corrected chi connectivity index (χ4v) is 2.40. The van der Waals surface area contributed by atoms with E-state index in [1.54, 1.807) is 6.07 Å². The third-order valence-electron chi connectivity index (χ3n) is 3.74. The third kappa shape index (κ3) is 5.69. The van der Waals surface area contributed by atoms with Crippen LogP contribution in [0.3, 0.4) is 0 Å². The minimum atomic E-state index is -1.51. The second kappa shape index (κ2) is 9.08. The van der Waals surface area contributed by atoms with Gasteiger partial charge in [-0.3, -0.25) is 4.90 Å². The molecular weight excluding hydrogens is 265 g/mol. The number of hydrogen-bond acceptors (Lipinski definition) is 4. The molecule has 0 heterocycles. The first-order valence-electron chi connectivity index (χ1n) is 7.76. The summed E-state index contributed by atoms with van der Waals surface area (Å²) in [6, 6.07) is 6.07. The van der Waals surface area contributed by atoms with Crippen molar-refractivity contribution in [3.63, 3.8) is 0 Å². The SMILES string of the molecule is CCCCCN(Cc1ccc(OC)c(B(O)O)c1)C(C)C. The van der Waals surface area contributed by atoms with Crippen molar-refractivity contribution in [1.82, 2.24) is 4.90 Å². The van der Waals surface area contributed by atoms with E-state index in [4.69, 9.17) is 4.74 Å².